The quantitative estimate of drug-likeness (QED) is 0.779. The van der Waals surface area contributed by atoms with Crippen molar-refractivity contribution in [2.24, 2.45) is 0 Å². The average Bonchev–Trinajstić information content (AvgIpc) is 2.87. The van der Waals surface area contributed by atoms with Crippen LogP contribution in [-0.2, 0) is 0 Å². The molecule has 0 aliphatic heterocycles. The molecule has 2 aromatic carbocycles. The topological polar surface area (TPSA) is 64.4 Å². The molecule has 1 aromatic heterocycles. The van der Waals surface area contributed by atoms with Crippen LogP contribution >= 0.6 is 0 Å². The Morgan fingerprint density at radius 2 is 1.78 bits per heavy atom. The zero-order valence-corrected chi connectivity index (χ0v) is 12.9. The fourth-order valence-corrected chi connectivity index (χ4v) is 2.26. The summed E-state index contributed by atoms with van der Waals surface area (Å²) in [6.07, 6.45) is 0. The molecule has 0 fully saturated rings. The van der Waals surface area contributed by atoms with Crippen LogP contribution in [0.1, 0.15) is 21.8 Å². The van der Waals surface area contributed by atoms with Gasteiger partial charge in [-0.1, -0.05) is 29.4 Å². The number of aryl methyl sites for hydroxylation is 2. The van der Waals surface area contributed by atoms with E-state index in [0.29, 0.717) is 28.5 Å². The van der Waals surface area contributed by atoms with Crippen LogP contribution in [0.25, 0.3) is 0 Å². The Hall–Kier alpha value is -3.08. The van der Waals surface area contributed by atoms with E-state index < -0.39 is 0 Å². The van der Waals surface area contributed by atoms with Crippen molar-refractivity contribution in [2.45, 2.75) is 13.8 Å². The van der Waals surface area contributed by atoms with Gasteiger partial charge in [-0.2, -0.15) is 0 Å². The summed E-state index contributed by atoms with van der Waals surface area (Å²) in [4.78, 5) is 12.3. The zero-order chi connectivity index (χ0) is 16.2. The third-order valence-electron chi connectivity index (χ3n) is 3.33. The number of hydrogen-bond acceptors (Lipinski definition) is 4. The first-order valence-electron chi connectivity index (χ1n) is 7.20. The summed E-state index contributed by atoms with van der Waals surface area (Å²) in [5.74, 6) is 1.63. The van der Waals surface area contributed by atoms with Gasteiger partial charge >= 0.3 is 0 Å². The molecule has 116 valence electrons. The SMILES string of the molecule is Cc1noc(C)c1C(=O)Nc1cccc(Oc2ccccc2)c1. The Balaban J connectivity index is 1.76. The minimum Gasteiger partial charge on any atom is -0.457 e. The molecule has 3 aromatic rings. The molecule has 1 heterocycles. The van der Waals surface area contributed by atoms with E-state index >= 15 is 0 Å². The van der Waals surface area contributed by atoms with E-state index in [1.54, 1.807) is 26.0 Å². The Morgan fingerprint density at radius 1 is 1.04 bits per heavy atom. The molecule has 5 heteroatoms. The summed E-state index contributed by atoms with van der Waals surface area (Å²) in [6, 6.07) is 16.7. The normalized spacial score (nSPS) is 10.3. The molecule has 0 atom stereocenters. The van der Waals surface area contributed by atoms with Crippen molar-refractivity contribution >= 4 is 11.6 Å². The number of aromatic nitrogens is 1. The maximum atomic E-state index is 12.3. The van der Waals surface area contributed by atoms with E-state index in [1.807, 2.05) is 42.5 Å². The number of amides is 1. The minimum atomic E-state index is -0.252. The van der Waals surface area contributed by atoms with Crippen LogP contribution < -0.4 is 10.1 Å². The number of anilines is 1. The number of hydrogen-bond donors (Lipinski definition) is 1. The molecule has 0 aliphatic carbocycles. The van der Waals surface area contributed by atoms with Crippen LogP contribution in [0.5, 0.6) is 11.5 Å². The molecular weight excluding hydrogens is 292 g/mol. The molecular formula is C18H16N2O3. The van der Waals surface area contributed by atoms with E-state index in [9.17, 15) is 4.79 Å². The standard InChI is InChI=1S/C18H16N2O3/c1-12-17(13(2)23-20-12)18(21)19-14-7-6-10-16(11-14)22-15-8-4-3-5-9-15/h3-11H,1-2H3,(H,19,21). The molecule has 0 saturated carbocycles. The third-order valence-corrected chi connectivity index (χ3v) is 3.33. The number of para-hydroxylation sites is 1. The third kappa shape index (κ3) is 3.40. The van der Waals surface area contributed by atoms with Gasteiger partial charge in [0.1, 0.15) is 22.8 Å². The molecule has 0 radical (unpaired) electrons. The van der Waals surface area contributed by atoms with E-state index in [0.717, 1.165) is 5.75 Å². The van der Waals surface area contributed by atoms with Crippen LogP contribution in [0, 0.1) is 13.8 Å². The molecule has 0 unspecified atom stereocenters. The molecule has 0 saturated heterocycles. The van der Waals surface area contributed by atoms with Crippen LogP contribution in [-0.4, -0.2) is 11.1 Å². The monoisotopic (exact) mass is 308 g/mol. The van der Waals surface area contributed by atoms with Crippen molar-refractivity contribution in [3.05, 3.63) is 71.6 Å². The second-order valence-electron chi connectivity index (χ2n) is 5.10. The molecule has 0 aliphatic rings. The summed E-state index contributed by atoms with van der Waals surface area (Å²) in [5, 5.41) is 6.62. The average molecular weight is 308 g/mol. The van der Waals surface area contributed by atoms with E-state index in [-0.39, 0.29) is 5.91 Å². The molecule has 1 amide bonds. The zero-order valence-electron chi connectivity index (χ0n) is 12.9. The minimum absolute atomic E-state index is 0.252. The number of nitrogens with zero attached hydrogens (tertiary/aromatic N) is 1. The first-order chi connectivity index (χ1) is 11.1. The van der Waals surface area contributed by atoms with Gasteiger partial charge < -0.3 is 14.6 Å². The number of carbonyl (C=O) groups is 1. The van der Waals surface area contributed by atoms with Gasteiger partial charge in [-0.25, -0.2) is 0 Å². The number of rotatable bonds is 4. The number of benzene rings is 2. The van der Waals surface area contributed by atoms with Crippen molar-refractivity contribution in [3.8, 4) is 11.5 Å². The van der Waals surface area contributed by atoms with Crippen LogP contribution in [0.3, 0.4) is 0 Å². The van der Waals surface area contributed by atoms with Crippen molar-refractivity contribution < 1.29 is 14.1 Å². The first kappa shape index (κ1) is 14.8. The second kappa shape index (κ2) is 6.36. The lowest BCUT2D eigenvalue weighted by atomic mass is 10.2. The summed E-state index contributed by atoms with van der Waals surface area (Å²) >= 11 is 0. The van der Waals surface area contributed by atoms with Gasteiger partial charge in [0.25, 0.3) is 5.91 Å². The molecule has 0 bridgehead atoms. The van der Waals surface area contributed by atoms with E-state index in [1.165, 1.54) is 0 Å². The van der Waals surface area contributed by atoms with Crippen molar-refractivity contribution in [1.29, 1.82) is 0 Å². The van der Waals surface area contributed by atoms with Gasteiger partial charge in [0.2, 0.25) is 0 Å². The van der Waals surface area contributed by atoms with Gasteiger partial charge in [-0.05, 0) is 38.1 Å². The highest BCUT2D eigenvalue weighted by Gasteiger charge is 2.17. The molecule has 3 rings (SSSR count). The first-order valence-corrected chi connectivity index (χ1v) is 7.20. The largest absolute Gasteiger partial charge is 0.457 e. The summed E-state index contributed by atoms with van der Waals surface area (Å²) in [6.45, 7) is 3.45. The Morgan fingerprint density at radius 3 is 2.48 bits per heavy atom. The maximum absolute atomic E-state index is 12.3. The van der Waals surface area contributed by atoms with Gasteiger partial charge in [-0.15, -0.1) is 0 Å². The van der Waals surface area contributed by atoms with Crippen LogP contribution in [0.4, 0.5) is 5.69 Å². The highest BCUT2D eigenvalue weighted by atomic mass is 16.5. The van der Waals surface area contributed by atoms with E-state index in [2.05, 4.69) is 10.5 Å². The van der Waals surface area contributed by atoms with Gasteiger partial charge in [0, 0.05) is 11.8 Å². The summed E-state index contributed by atoms with van der Waals surface area (Å²) in [5.41, 5.74) is 1.67. The highest BCUT2D eigenvalue weighted by molar-refractivity contribution is 6.05. The lowest BCUT2D eigenvalue weighted by Crippen LogP contribution is -2.13. The molecule has 0 spiro atoms. The lowest BCUT2D eigenvalue weighted by Gasteiger charge is -2.09. The van der Waals surface area contributed by atoms with Gasteiger partial charge in [0.05, 0.1) is 5.69 Å². The number of nitrogens with one attached hydrogen (secondary N) is 1. The van der Waals surface area contributed by atoms with Crippen LogP contribution in [0.15, 0.2) is 59.1 Å². The van der Waals surface area contributed by atoms with Gasteiger partial charge in [0.15, 0.2) is 0 Å². The fourth-order valence-electron chi connectivity index (χ4n) is 2.26. The summed E-state index contributed by atoms with van der Waals surface area (Å²) in [7, 11) is 0. The van der Waals surface area contributed by atoms with Crippen LogP contribution in [0.2, 0.25) is 0 Å². The van der Waals surface area contributed by atoms with Crippen molar-refractivity contribution in [1.82, 2.24) is 5.16 Å². The van der Waals surface area contributed by atoms with Crippen molar-refractivity contribution in [2.75, 3.05) is 5.32 Å². The number of ether oxygens (including phenoxy) is 1. The summed E-state index contributed by atoms with van der Waals surface area (Å²) < 4.78 is 10.8. The van der Waals surface area contributed by atoms with Gasteiger partial charge in [-0.3, -0.25) is 4.79 Å². The highest BCUT2D eigenvalue weighted by Crippen LogP contribution is 2.24. The molecule has 5 nitrogen and oxygen atoms in total. The van der Waals surface area contributed by atoms with Crippen molar-refractivity contribution in [3.63, 3.8) is 0 Å². The molecule has 1 N–H and O–H groups in total. The predicted octanol–water partition coefficient (Wildman–Crippen LogP) is 4.34. The lowest BCUT2D eigenvalue weighted by molar-refractivity contribution is 0.102. The predicted molar refractivity (Wildman–Crippen MR) is 86.9 cm³/mol. The maximum Gasteiger partial charge on any atom is 0.261 e. The second-order valence-corrected chi connectivity index (χ2v) is 5.10. The Kier molecular flexibility index (Phi) is 4.10. The smallest absolute Gasteiger partial charge is 0.261 e. The Bertz CT molecular complexity index is 806. The Labute approximate surface area is 133 Å². The molecule has 23 heavy (non-hydrogen) atoms. The van der Waals surface area contributed by atoms with E-state index in [4.69, 9.17) is 9.26 Å². The number of carbonyl (C=O) groups excluding carboxylic acids is 1. The fraction of sp³-hybridized carbons (Fsp3) is 0.111.